The molecule has 0 amide bonds. The Morgan fingerprint density at radius 1 is 0.500 bits per heavy atom. The van der Waals surface area contributed by atoms with E-state index in [1.54, 1.807) is 12.4 Å². The molecule has 0 spiro atoms. The number of aromatic nitrogens is 2. The topological polar surface area (TPSA) is 46.0 Å². The fourth-order valence-electron chi connectivity index (χ4n) is 4.70. The second-order valence-electron chi connectivity index (χ2n) is 10.1. The summed E-state index contributed by atoms with van der Waals surface area (Å²) in [6, 6.07) is 60.6. The van der Waals surface area contributed by atoms with Crippen molar-refractivity contribution in [2.45, 2.75) is 6.92 Å². The van der Waals surface area contributed by atoms with Gasteiger partial charge in [0, 0.05) is 32.5 Å². The molecule has 0 bridgehead atoms. The van der Waals surface area contributed by atoms with Gasteiger partial charge in [0.2, 0.25) is 0 Å². The molecule has 229 valence electrons. The molecule has 0 aliphatic rings. The van der Waals surface area contributed by atoms with Crippen molar-refractivity contribution in [2.24, 2.45) is 0 Å². The smallest absolute Gasteiger partial charge is 0.161 e. The number of benzene rings is 5. The van der Waals surface area contributed by atoms with Gasteiger partial charge in [0.1, 0.15) is 23.8 Å². The minimum atomic E-state index is -1.18. The molecule has 7 rings (SSSR count). The van der Waals surface area contributed by atoms with Gasteiger partial charge >= 0.3 is 0 Å². The zero-order chi connectivity index (χ0) is 31.1. The monoisotopic (exact) mass is 794 g/mol. The van der Waals surface area contributed by atoms with Crippen LogP contribution in [0.25, 0.3) is 22.5 Å². The third-order valence-electron chi connectivity index (χ3n) is 6.93. The molecule has 3 nitrogen and oxygen atoms in total. The Bertz CT molecular complexity index is 1650. The number of aromatic hydroxyl groups is 1. The molecule has 46 heavy (non-hydrogen) atoms. The van der Waals surface area contributed by atoms with E-state index in [4.69, 9.17) is 0 Å². The zero-order valence-corrected chi connectivity index (χ0v) is 28.8. The van der Waals surface area contributed by atoms with Gasteiger partial charge < -0.3 is 15.1 Å². The van der Waals surface area contributed by atoms with E-state index >= 15 is 0 Å². The van der Waals surface area contributed by atoms with E-state index in [2.05, 4.69) is 76.7 Å². The molecule has 0 fully saturated rings. The summed E-state index contributed by atoms with van der Waals surface area (Å²) in [5.74, 6) is 0.430. The van der Waals surface area contributed by atoms with Gasteiger partial charge in [-0.15, -0.1) is 71.8 Å². The number of pyridine rings is 2. The molecule has 2 aromatic heterocycles. The van der Waals surface area contributed by atoms with Gasteiger partial charge in [-0.2, -0.15) is 0 Å². The molecule has 0 saturated carbocycles. The van der Waals surface area contributed by atoms with E-state index in [9.17, 15) is 5.11 Å². The second kappa shape index (κ2) is 18.3. The third-order valence-corrected chi connectivity index (χ3v) is 9.70. The molecule has 0 atom stereocenters. The van der Waals surface area contributed by atoms with Gasteiger partial charge in [-0.3, -0.25) is 0 Å². The van der Waals surface area contributed by atoms with E-state index < -0.39 is 7.92 Å². The number of phenols is 1. The molecule has 0 unspecified atom stereocenters. The van der Waals surface area contributed by atoms with E-state index in [-0.39, 0.29) is 20.1 Å². The molecule has 5 aromatic carbocycles. The summed E-state index contributed by atoms with van der Waals surface area (Å²) in [5, 5.41) is 14.1. The minimum Gasteiger partial charge on any atom is -0.504 e. The summed E-state index contributed by atoms with van der Waals surface area (Å²) in [7, 11) is -1.18. The summed E-state index contributed by atoms with van der Waals surface area (Å²) in [6.45, 7) is 1.95. The van der Waals surface area contributed by atoms with Crippen LogP contribution in [0.2, 0.25) is 0 Å². The van der Waals surface area contributed by atoms with Crippen LogP contribution in [0.4, 0.5) is 0 Å². The Labute approximate surface area is 286 Å². The van der Waals surface area contributed by atoms with Crippen molar-refractivity contribution in [3.63, 3.8) is 0 Å². The summed E-state index contributed by atoms with van der Waals surface area (Å²) in [4.78, 5) is 8.44. The number of hydrogen-bond acceptors (Lipinski definition) is 3. The summed E-state index contributed by atoms with van der Waals surface area (Å²) in [5.41, 5.74) is 4.95. The first-order valence-electron chi connectivity index (χ1n) is 14.7. The van der Waals surface area contributed by atoms with E-state index in [1.807, 2.05) is 116 Å². The number of hydrogen-bond donors (Lipinski definition) is 1. The maximum Gasteiger partial charge on any atom is 0.161 e. The standard InChI is InChI=1S/C19H17OP.2C11H8N.Ir/c1-15-9-8-14-18(19(15)20)21(16-10-4-2-5-11-16)17-12-6-3-7-13-17;2*1-2-6-10(7-3-1)11-8-4-5-9-12-11;/h2-14,20H,1H3;2*1-6,8-9H;/q;2*-1;/p+1. The number of nitrogens with zero attached hydrogens (tertiary/aromatic N) is 2. The molecule has 0 saturated heterocycles. The van der Waals surface area contributed by atoms with Gasteiger partial charge in [0.25, 0.3) is 0 Å². The molecule has 0 aliphatic carbocycles. The normalized spacial score (nSPS) is 9.96. The minimum absolute atomic E-state index is 0. The first kappa shape index (κ1) is 34.2. The van der Waals surface area contributed by atoms with Crippen LogP contribution in [0.3, 0.4) is 0 Å². The molecular formula is C41H34IrN2OP-. The van der Waals surface area contributed by atoms with Gasteiger partial charge in [-0.1, -0.05) is 72.8 Å². The van der Waals surface area contributed by atoms with E-state index in [1.165, 1.54) is 10.6 Å². The average Bonchev–Trinajstić information content (AvgIpc) is 3.13. The number of para-hydroxylation sites is 1. The van der Waals surface area contributed by atoms with Crippen LogP contribution in [-0.4, -0.2) is 15.1 Å². The molecule has 1 radical (unpaired) electrons. The molecule has 7 aromatic rings. The Morgan fingerprint density at radius 2 is 0.957 bits per heavy atom. The van der Waals surface area contributed by atoms with E-state index in [0.29, 0.717) is 5.75 Å². The molecule has 2 heterocycles. The number of rotatable bonds is 5. The van der Waals surface area contributed by atoms with Gasteiger partial charge in [0.05, 0.1) is 0 Å². The van der Waals surface area contributed by atoms with Crippen LogP contribution in [-0.2, 0) is 20.1 Å². The van der Waals surface area contributed by atoms with Crippen molar-refractivity contribution >= 4 is 23.8 Å². The van der Waals surface area contributed by atoms with Crippen LogP contribution < -0.4 is 15.9 Å². The molecule has 5 heteroatoms. The molecular weight excluding hydrogens is 760 g/mol. The van der Waals surface area contributed by atoms with Crippen LogP contribution in [0.1, 0.15) is 5.56 Å². The summed E-state index contributed by atoms with van der Waals surface area (Å²) in [6.07, 6.45) is 3.58. The Balaban J connectivity index is 0.000000165. The van der Waals surface area contributed by atoms with E-state index in [0.717, 1.165) is 33.4 Å². The predicted molar refractivity (Wildman–Crippen MR) is 190 cm³/mol. The van der Waals surface area contributed by atoms with Crippen LogP contribution in [0.15, 0.2) is 176 Å². The maximum atomic E-state index is 10.5. The van der Waals surface area contributed by atoms with Crippen LogP contribution in [0, 0.1) is 19.1 Å². The van der Waals surface area contributed by atoms with Crippen LogP contribution in [0.5, 0.6) is 5.75 Å². The Morgan fingerprint density at radius 3 is 1.37 bits per heavy atom. The fourth-order valence-corrected chi connectivity index (χ4v) is 7.40. The molecule has 0 aliphatic heterocycles. The fraction of sp³-hybridized carbons (Fsp3) is 0.0244. The average molecular weight is 794 g/mol. The predicted octanol–water partition coefficient (Wildman–Crippen LogP) is 8.29. The van der Waals surface area contributed by atoms with Crippen molar-refractivity contribution < 1.29 is 25.2 Å². The Kier molecular flexibility index (Phi) is 13.6. The SMILES string of the molecule is Cc1cccc([PH+](c2ccccc2)c2ccccc2)c1O.[Ir].[c-]1ccccc1-c1ccccn1.[c-]1ccccc1-c1ccccn1. The summed E-state index contributed by atoms with van der Waals surface area (Å²) >= 11 is 0. The van der Waals surface area contributed by atoms with Crippen molar-refractivity contribution in [1.82, 2.24) is 9.97 Å². The first-order chi connectivity index (χ1) is 22.2. The quantitative estimate of drug-likeness (QED) is 0.141. The van der Waals surface area contributed by atoms with Crippen molar-refractivity contribution in [3.05, 3.63) is 194 Å². The second-order valence-corrected chi connectivity index (χ2v) is 12.5. The van der Waals surface area contributed by atoms with Crippen molar-refractivity contribution in [3.8, 4) is 28.3 Å². The largest absolute Gasteiger partial charge is 0.504 e. The van der Waals surface area contributed by atoms with Crippen molar-refractivity contribution in [1.29, 1.82) is 0 Å². The van der Waals surface area contributed by atoms with Gasteiger partial charge in [-0.25, -0.2) is 0 Å². The third kappa shape index (κ3) is 9.64. The first-order valence-corrected chi connectivity index (χ1v) is 16.2. The van der Waals surface area contributed by atoms with Gasteiger partial charge in [-0.05, 0) is 66.3 Å². The number of phenolic OH excluding ortho intramolecular Hbond substituents is 1. The van der Waals surface area contributed by atoms with Gasteiger partial charge in [0.15, 0.2) is 5.75 Å². The van der Waals surface area contributed by atoms with Crippen LogP contribution >= 0.6 is 7.92 Å². The summed E-state index contributed by atoms with van der Waals surface area (Å²) < 4.78 is 0. The number of aryl methyl sites for hydroxylation is 1. The molecule has 1 N–H and O–H groups in total. The van der Waals surface area contributed by atoms with Crippen molar-refractivity contribution in [2.75, 3.05) is 0 Å². The maximum absolute atomic E-state index is 10.5. The zero-order valence-electron chi connectivity index (χ0n) is 25.4. The Hall–Kier alpha value is -4.72.